The fourth-order valence-electron chi connectivity index (χ4n) is 3.68. The van der Waals surface area contributed by atoms with Gasteiger partial charge in [-0.2, -0.15) is 0 Å². The highest BCUT2D eigenvalue weighted by atomic mass is 79.9. The average molecular weight is 481 g/mol. The number of hydrogen-bond donors (Lipinski definition) is 0. The summed E-state index contributed by atoms with van der Waals surface area (Å²) in [6.07, 6.45) is 5.04. The highest BCUT2D eigenvalue weighted by molar-refractivity contribution is 9.10. The minimum absolute atomic E-state index is 0.0499. The van der Waals surface area contributed by atoms with Gasteiger partial charge in [0.05, 0.1) is 38.2 Å². The van der Waals surface area contributed by atoms with Gasteiger partial charge in [-0.3, -0.25) is 9.78 Å². The van der Waals surface area contributed by atoms with E-state index in [9.17, 15) is 4.79 Å². The Morgan fingerprint density at radius 3 is 2.48 bits per heavy atom. The van der Waals surface area contributed by atoms with E-state index in [1.807, 2.05) is 53.4 Å². The van der Waals surface area contributed by atoms with Gasteiger partial charge in [0.2, 0.25) is 5.91 Å². The van der Waals surface area contributed by atoms with Gasteiger partial charge in [-0.15, -0.1) is 0 Å². The van der Waals surface area contributed by atoms with Crippen molar-refractivity contribution in [2.45, 2.75) is 32.1 Å². The summed E-state index contributed by atoms with van der Waals surface area (Å²) >= 11 is 3.57. The number of hydrogen-bond acceptors (Lipinski definition) is 4. The van der Waals surface area contributed by atoms with Gasteiger partial charge in [0, 0.05) is 16.6 Å². The molecule has 3 aromatic rings. The van der Waals surface area contributed by atoms with Crippen LogP contribution in [0, 0.1) is 5.92 Å². The third kappa shape index (κ3) is 5.32. The minimum atomic E-state index is -0.0499. The molecule has 0 unspecified atom stereocenters. The van der Waals surface area contributed by atoms with E-state index in [4.69, 9.17) is 9.47 Å². The molecule has 0 N–H and O–H groups in total. The third-order valence-corrected chi connectivity index (χ3v) is 6.25. The quantitative estimate of drug-likeness (QED) is 0.434. The van der Waals surface area contributed by atoms with Gasteiger partial charge in [-0.25, -0.2) is 0 Å². The second-order valence-corrected chi connectivity index (χ2v) is 8.54. The highest BCUT2D eigenvalue weighted by Crippen LogP contribution is 2.36. The fourth-order valence-corrected chi connectivity index (χ4v) is 4.11. The van der Waals surface area contributed by atoms with Gasteiger partial charge in [0.1, 0.15) is 5.75 Å². The molecule has 0 spiro atoms. The number of amides is 1. The Balaban J connectivity index is 1.43. The summed E-state index contributed by atoms with van der Waals surface area (Å²) in [6, 6.07) is 19.8. The van der Waals surface area contributed by atoms with Crippen molar-refractivity contribution >= 4 is 27.5 Å². The molecule has 2 aromatic carbocycles. The molecular formula is C25H25BrN2O3. The van der Waals surface area contributed by atoms with Gasteiger partial charge < -0.3 is 14.4 Å². The van der Waals surface area contributed by atoms with E-state index >= 15 is 0 Å². The molecular weight excluding hydrogens is 456 g/mol. The Hall–Kier alpha value is -2.70. The van der Waals surface area contributed by atoms with Crippen LogP contribution in [0.25, 0.3) is 0 Å². The molecule has 160 valence electrons. The number of carbonyl (C=O) groups excluding carboxylic acids is 1. The monoisotopic (exact) mass is 480 g/mol. The lowest BCUT2D eigenvalue weighted by Crippen LogP contribution is -2.44. The van der Waals surface area contributed by atoms with Crippen molar-refractivity contribution in [3.63, 3.8) is 0 Å². The van der Waals surface area contributed by atoms with E-state index < -0.39 is 0 Å². The molecule has 0 aliphatic heterocycles. The van der Waals surface area contributed by atoms with E-state index in [0.717, 1.165) is 39.9 Å². The number of halogens is 1. The molecule has 1 aliphatic rings. The lowest BCUT2D eigenvalue weighted by atomic mass is 9.81. The van der Waals surface area contributed by atoms with Gasteiger partial charge in [-0.1, -0.05) is 42.5 Å². The first kappa shape index (κ1) is 21.5. The second-order valence-electron chi connectivity index (χ2n) is 7.69. The molecule has 5 nitrogen and oxygen atoms in total. The topological polar surface area (TPSA) is 51.7 Å². The number of pyridine rings is 1. The number of carbonyl (C=O) groups is 1. The number of nitrogens with zero attached hydrogens (tertiary/aromatic N) is 2. The first-order valence-electron chi connectivity index (χ1n) is 10.3. The van der Waals surface area contributed by atoms with E-state index in [2.05, 4.69) is 33.0 Å². The van der Waals surface area contributed by atoms with Crippen molar-refractivity contribution in [3.8, 4) is 5.75 Å². The van der Waals surface area contributed by atoms with Crippen molar-refractivity contribution in [1.29, 1.82) is 0 Å². The molecule has 1 saturated carbocycles. The van der Waals surface area contributed by atoms with Gasteiger partial charge >= 0.3 is 0 Å². The number of ether oxygens (including phenoxy) is 2. The summed E-state index contributed by atoms with van der Waals surface area (Å²) in [4.78, 5) is 19.5. The Morgan fingerprint density at radius 2 is 1.81 bits per heavy atom. The van der Waals surface area contributed by atoms with Gasteiger partial charge in [0.25, 0.3) is 0 Å². The van der Waals surface area contributed by atoms with E-state index in [1.165, 1.54) is 0 Å². The molecule has 6 heteroatoms. The van der Waals surface area contributed by atoms with Crippen molar-refractivity contribution in [2.75, 3.05) is 12.0 Å². The predicted molar refractivity (Wildman–Crippen MR) is 124 cm³/mol. The molecule has 1 amide bonds. The largest absolute Gasteiger partial charge is 0.497 e. The van der Waals surface area contributed by atoms with Crippen molar-refractivity contribution in [1.82, 2.24) is 4.98 Å². The lowest BCUT2D eigenvalue weighted by Gasteiger charge is -2.37. The molecule has 1 aliphatic carbocycles. The van der Waals surface area contributed by atoms with Crippen LogP contribution in [0.15, 0.2) is 77.5 Å². The van der Waals surface area contributed by atoms with Crippen LogP contribution in [-0.2, 0) is 22.7 Å². The molecule has 0 radical (unpaired) electrons. The number of benzene rings is 2. The molecule has 4 rings (SSSR count). The molecule has 31 heavy (non-hydrogen) atoms. The summed E-state index contributed by atoms with van der Waals surface area (Å²) in [5.74, 6) is 0.844. The summed E-state index contributed by atoms with van der Waals surface area (Å²) in [6.45, 7) is 1.05. The van der Waals surface area contributed by atoms with Crippen LogP contribution in [0.3, 0.4) is 0 Å². The average Bonchev–Trinajstić information content (AvgIpc) is 2.78. The summed E-state index contributed by atoms with van der Waals surface area (Å²) in [5.41, 5.74) is 2.95. The SMILES string of the molecule is COc1ccc(CN(C(=O)C2CC(OCc3ccccc3)C2)c2cnccc2Br)cc1. The third-order valence-electron chi connectivity index (χ3n) is 5.58. The van der Waals surface area contributed by atoms with Crippen molar-refractivity contribution in [3.05, 3.63) is 88.7 Å². The van der Waals surface area contributed by atoms with Crippen LogP contribution in [0.4, 0.5) is 5.69 Å². The smallest absolute Gasteiger partial charge is 0.230 e. The lowest BCUT2D eigenvalue weighted by molar-refractivity contribution is -0.132. The number of aromatic nitrogens is 1. The molecule has 1 aromatic heterocycles. The van der Waals surface area contributed by atoms with Crippen LogP contribution in [0.5, 0.6) is 5.75 Å². The predicted octanol–water partition coefficient (Wildman–Crippen LogP) is 5.38. The number of rotatable bonds is 8. The molecule has 0 bridgehead atoms. The Labute approximate surface area is 191 Å². The van der Waals surface area contributed by atoms with Crippen LogP contribution in [0.1, 0.15) is 24.0 Å². The van der Waals surface area contributed by atoms with Gasteiger partial charge in [-0.05, 0) is 58.1 Å². The molecule has 1 heterocycles. The van der Waals surface area contributed by atoms with Crippen LogP contribution in [0.2, 0.25) is 0 Å². The maximum Gasteiger partial charge on any atom is 0.230 e. The van der Waals surface area contributed by atoms with E-state index in [1.54, 1.807) is 19.5 Å². The van der Waals surface area contributed by atoms with E-state index in [-0.39, 0.29) is 17.9 Å². The number of methoxy groups -OCH3 is 1. The normalized spacial score (nSPS) is 17.6. The molecule has 0 atom stereocenters. The molecule has 1 fully saturated rings. The second kappa shape index (κ2) is 10.1. The Morgan fingerprint density at radius 1 is 1.06 bits per heavy atom. The standard InChI is InChI=1S/C25H25BrN2O3/c1-30-21-9-7-18(8-10-21)16-28(24-15-27-12-11-23(24)26)25(29)20-13-22(14-20)31-17-19-5-3-2-4-6-19/h2-12,15,20,22H,13-14,16-17H2,1H3. The fraction of sp³-hybridized carbons (Fsp3) is 0.280. The number of anilines is 1. The maximum absolute atomic E-state index is 13.4. The van der Waals surface area contributed by atoms with Crippen LogP contribution >= 0.6 is 15.9 Å². The first-order valence-corrected chi connectivity index (χ1v) is 11.1. The molecule has 0 saturated heterocycles. The summed E-state index contributed by atoms with van der Waals surface area (Å²) in [7, 11) is 1.64. The maximum atomic E-state index is 13.4. The van der Waals surface area contributed by atoms with Crippen molar-refractivity contribution < 1.29 is 14.3 Å². The summed E-state index contributed by atoms with van der Waals surface area (Å²) in [5, 5.41) is 0. The van der Waals surface area contributed by atoms with E-state index in [0.29, 0.717) is 13.2 Å². The van der Waals surface area contributed by atoms with Crippen LogP contribution in [-0.4, -0.2) is 24.1 Å². The zero-order valence-corrected chi connectivity index (χ0v) is 19.0. The van der Waals surface area contributed by atoms with Crippen molar-refractivity contribution in [2.24, 2.45) is 5.92 Å². The zero-order chi connectivity index (χ0) is 21.6. The minimum Gasteiger partial charge on any atom is -0.497 e. The first-order chi connectivity index (χ1) is 15.1. The Bertz CT molecular complexity index is 1000. The Kier molecular flexibility index (Phi) is 6.99. The summed E-state index contributed by atoms with van der Waals surface area (Å²) < 4.78 is 12.1. The van der Waals surface area contributed by atoms with Crippen LogP contribution < -0.4 is 9.64 Å². The highest BCUT2D eigenvalue weighted by Gasteiger charge is 2.38. The van der Waals surface area contributed by atoms with Gasteiger partial charge in [0.15, 0.2) is 0 Å². The zero-order valence-electron chi connectivity index (χ0n) is 17.4.